The van der Waals surface area contributed by atoms with Gasteiger partial charge in [-0.15, -0.1) is 21.5 Å². The molecule has 0 spiro atoms. The maximum atomic E-state index is 12.9. The summed E-state index contributed by atoms with van der Waals surface area (Å²) in [5.74, 6) is -0.556. The van der Waals surface area contributed by atoms with Crippen molar-refractivity contribution in [1.29, 1.82) is 0 Å². The zero-order valence-electron chi connectivity index (χ0n) is 12.4. The highest BCUT2D eigenvalue weighted by Gasteiger charge is 2.34. The number of anilines is 2. The minimum Gasteiger partial charge on any atom is -0.397 e. The van der Waals surface area contributed by atoms with Crippen molar-refractivity contribution in [2.24, 2.45) is 0 Å². The molecule has 1 amide bonds. The molecule has 0 fully saturated rings. The summed E-state index contributed by atoms with van der Waals surface area (Å²) in [5, 5.41) is 11.4. The molecule has 0 aliphatic rings. The Bertz CT molecular complexity index is 947. The van der Waals surface area contributed by atoms with Crippen molar-refractivity contribution in [3.63, 3.8) is 0 Å². The maximum Gasteiger partial charge on any atom is 0.433 e. The molecule has 126 valence electrons. The van der Waals surface area contributed by atoms with Crippen molar-refractivity contribution in [3.05, 3.63) is 27.2 Å². The summed E-state index contributed by atoms with van der Waals surface area (Å²) in [4.78, 5) is 16.1. The van der Waals surface area contributed by atoms with Crippen LogP contribution in [0.25, 0.3) is 10.2 Å². The molecule has 0 bridgehead atoms. The van der Waals surface area contributed by atoms with Crippen LogP contribution in [-0.4, -0.2) is 21.1 Å². The van der Waals surface area contributed by atoms with E-state index in [2.05, 4.69) is 20.5 Å². The molecular formula is C13H10F3N5OS2. The number of halogens is 3. The van der Waals surface area contributed by atoms with Gasteiger partial charge in [0.05, 0.1) is 5.69 Å². The van der Waals surface area contributed by atoms with E-state index >= 15 is 0 Å². The molecular weight excluding hydrogens is 363 g/mol. The van der Waals surface area contributed by atoms with Crippen LogP contribution in [0.3, 0.4) is 0 Å². The molecule has 11 heteroatoms. The van der Waals surface area contributed by atoms with E-state index < -0.39 is 17.8 Å². The number of fused-ring (bicyclic) bond motifs is 1. The van der Waals surface area contributed by atoms with Gasteiger partial charge in [0.1, 0.15) is 20.4 Å². The Morgan fingerprint density at radius 3 is 2.54 bits per heavy atom. The number of carbonyl (C=O) groups is 1. The van der Waals surface area contributed by atoms with Crippen LogP contribution in [0.5, 0.6) is 0 Å². The zero-order valence-corrected chi connectivity index (χ0v) is 14.0. The fourth-order valence-electron chi connectivity index (χ4n) is 2.12. The van der Waals surface area contributed by atoms with Crippen LogP contribution in [0, 0.1) is 13.8 Å². The predicted octanol–water partition coefficient (Wildman–Crippen LogP) is 3.62. The molecule has 0 radical (unpaired) electrons. The lowest BCUT2D eigenvalue weighted by molar-refractivity contribution is -0.141. The second-order valence-corrected chi connectivity index (χ2v) is 7.11. The molecule has 0 aromatic carbocycles. The highest BCUT2D eigenvalue weighted by molar-refractivity contribution is 7.21. The van der Waals surface area contributed by atoms with Crippen molar-refractivity contribution in [3.8, 4) is 0 Å². The third-order valence-corrected chi connectivity index (χ3v) is 4.99. The first kappa shape index (κ1) is 16.6. The minimum atomic E-state index is -4.57. The molecule has 0 saturated carbocycles. The van der Waals surface area contributed by atoms with Crippen LogP contribution in [0.2, 0.25) is 0 Å². The highest BCUT2D eigenvalue weighted by atomic mass is 32.1. The first-order valence-electron chi connectivity index (χ1n) is 6.55. The van der Waals surface area contributed by atoms with Gasteiger partial charge in [0.2, 0.25) is 5.13 Å². The van der Waals surface area contributed by atoms with E-state index in [4.69, 9.17) is 5.73 Å². The third kappa shape index (κ3) is 2.91. The zero-order chi connectivity index (χ0) is 17.6. The molecule has 3 N–H and O–H groups in total. The molecule has 0 aliphatic heterocycles. The van der Waals surface area contributed by atoms with Gasteiger partial charge in [-0.25, -0.2) is 4.98 Å². The number of alkyl halides is 3. The van der Waals surface area contributed by atoms with E-state index in [0.29, 0.717) is 16.0 Å². The first-order valence-corrected chi connectivity index (χ1v) is 8.18. The number of carbonyl (C=O) groups excluding carboxylic acids is 1. The number of amides is 1. The van der Waals surface area contributed by atoms with Crippen molar-refractivity contribution < 1.29 is 18.0 Å². The summed E-state index contributed by atoms with van der Waals surface area (Å²) in [6.45, 7) is 3.23. The largest absolute Gasteiger partial charge is 0.433 e. The van der Waals surface area contributed by atoms with Crippen LogP contribution in [0.1, 0.15) is 25.9 Å². The van der Waals surface area contributed by atoms with Crippen LogP contribution in [-0.2, 0) is 6.18 Å². The summed E-state index contributed by atoms with van der Waals surface area (Å²) in [7, 11) is 0. The Labute approximate surface area is 141 Å². The van der Waals surface area contributed by atoms with Crippen LogP contribution < -0.4 is 11.1 Å². The topological polar surface area (TPSA) is 93.8 Å². The van der Waals surface area contributed by atoms with E-state index in [0.717, 1.165) is 17.4 Å². The second-order valence-electron chi connectivity index (χ2n) is 4.93. The summed E-state index contributed by atoms with van der Waals surface area (Å²) in [6, 6.07) is 0.918. The van der Waals surface area contributed by atoms with Crippen molar-refractivity contribution in [1.82, 2.24) is 15.2 Å². The number of thiophene rings is 1. The number of hydrogen-bond acceptors (Lipinski definition) is 7. The minimum absolute atomic E-state index is 0.0680. The Balaban J connectivity index is 2.04. The number of pyridine rings is 1. The first-order chi connectivity index (χ1) is 11.2. The van der Waals surface area contributed by atoms with Gasteiger partial charge in [-0.2, -0.15) is 13.2 Å². The lowest BCUT2D eigenvalue weighted by atomic mass is 10.1. The Kier molecular flexibility index (Phi) is 3.92. The van der Waals surface area contributed by atoms with Gasteiger partial charge in [0, 0.05) is 5.39 Å². The lowest BCUT2D eigenvalue weighted by Crippen LogP contribution is -2.11. The maximum absolute atomic E-state index is 12.9. The molecule has 3 aromatic heterocycles. The lowest BCUT2D eigenvalue weighted by Gasteiger charge is -2.07. The Morgan fingerprint density at radius 1 is 1.25 bits per heavy atom. The number of nitrogens with two attached hydrogens (primary N) is 1. The predicted molar refractivity (Wildman–Crippen MR) is 86.4 cm³/mol. The van der Waals surface area contributed by atoms with Gasteiger partial charge in [0.25, 0.3) is 5.91 Å². The fourth-order valence-corrected chi connectivity index (χ4v) is 3.78. The van der Waals surface area contributed by atoms with Gasteiger partial charge in [0.15, 0.2) is 0 Å². The van der Waals surface area contributed by atoms with E-state index in [1.807, 2.05) is 0 Å². The van der Waals surface area contributed by atoms with Crippen LogP contribution in [0.4, 0.5) is 24.0 Å². The van der Waals surface area contributed by atoms with Gasteiger partial charge < -0.3 is 5.73 Å². The van der Waals surface area contributed by atoms with E-state index in [1.54, 1.807) is 6.92 Å². The molecule has 24 heavy (non-hydrogen) atoms. The number of aromatic nitrogens is 3. The van der Waals surface area contributed by atoms with Crippen LogP contribution >= 0.6 is 22.7 Å². The van der Waals surface area contributed by atoms with E-state index in [1.165, 1.54) is 18.3 Å². The van der Waals surface area contributed by atoms with E-state index in [-0.39, 0.29) is 20.5 Å². The summed E-state index contributed by atoms with van der Waals surface area (Å²) in [5.41, 5.74) is 5.36. The summed E-state index contributed by atoms with van der Waals surface area (Å²) >= 11 is 1.99. The molecule has 0 unspecified atom stereocenters. The number of hydrogen-bond donors (Lipinski definition) is 2. The third-order valence-electron chi connectivity index (χ3n) is 3.14. The standard InChI is InChI=1S/C13H10F3N5OS2/c1-4-3-6(13(14,15)16)18-11-7(4)8(17)9(24-11)10(22)19-12-21-20-5(2)23-12/h3H,17H2,1-2H3,(H,19,21,22). The number of rotatable bonds is 2. The van der Waals surface area contributed by atoms with Gasteiger partial charge >= 0.3 is 6.18 Å². The summed E-state index contributed by atoms with van der Waals surface area (Å²) in [6.07, 6.45) is -4.57. The molecule has 3 aromatic rings. The molecule has 3 rings (SSSR count). The Morgan fingerprint density at radius 2 is 1.96 bits per heavy atom. The SMILES string of the molecule is Cc1nnc(NC(=O)c2sc3nc(C(F)(F)F)cc(C)c3c2N)s1. The molecule has 6 nitrogen and oxygen atoms in total. The Hall–Kier alpha value is -2.27. The smallest absolute Gasteiger partial charge is 0.397 e. The monoisotopic (exact) mass is 373 g/mol. The highest BCUT2D eigenvalue weighted by Crippen LogP contribution is 2.38. The second kappa shape index (κ2) is 5.67. The molecule has 0 atom stereocenters. The van der Waals surface area contributed by atoms with Gasteiger partial charge in [-0.3, -0.25) is 10.1 Å². The summed E-state index contributed by atoms with van der Waals surface area (Å²) < 4.78 is 38.6. The average Bonchev–Trinajstić information content (AvgIpc) is 3.02. The fraction of sp³-hybridized carbons (Fsp3) is 0.231. The van der Waals surface area contributed by atoms with Gasteiger partial charge in [-0.1, -0.05) is 11.3 Å². The average molecular weight is 373 g/mol. The van der Waals surface area contributed by atoms with Gasteiger partial charge in [-0.05, 0) is 25.5 Å². The number of nitrogen functional groups attached to an aromatic ring is 1. The van der Waals surface area contributed by atoms with E-state index in [9.17, 15) is 18.0 Å². The number of nitrogens with zero attached hydrogens (tertiary/aromatic N) is 3. The van der Waals surface area contributed by atoms with Crippen molar-refractivity contribution in [2.45, 2.75) is 20.0 Å². The molecule has 0 aliphatic carbocycles. The quantitative estimate of drug-likeness (QED) is 0.716. The molecule has 0 saturated heterocycles. The normalized spacial score (nSPS) is 11.9. The van der Waals surface area contributed by atoms with Crippen molar-refractivity contribution >= 4 is 49.6 Å². The number of aryl methyl sites for hydroxylation is 2. The van der Waals surface area contributed by atoms with Crippen molar-refractivity contribution in [2.75, 3.05) is 11.1 Å². The van der Waals surface area contributed by atoms with Crippen LogP contribution in [0.15, 0.2) is 6.07 Å². The molecule has 3 heterocycles. The number of nitrogens with one attached hydrogen (secondary N) is 1.